The molecule has 0 aromatic carbocycles. The molecule has 0 aliphatic rings. The fourth-order valence-corrected chi connectivity index (χ4v) is 2.28. The maximum atomic E-state index is 10.1. The molecule has 0 aromatic heterocycles. The minimum absolute atomic E-state index is 0.141. The van der Waals surface area contributed by atoms with Crippen molar-refractivity contribution in [2.24, 2.45) is 0 Å². The van der Waals surface area contributed by atoms with Gasteiger partial charge in [0, 0.05) is 6.04 Å². The van der Waals surface area contributed by atoms with Crippen molar-refractivity contribution in [2.45, 2.75) is 71.9 Å². The average Bonchev–Trinajstić information content (AvgIpc) is 2.20. The molecule has 15 heavy (non-hydrogen) atoms. The first-order valence-corrected chi connectivity index (χ1v) is 6.63. The predicted octanol–water partition coefficient (Wildman–Crippen LogP) is 3.05. The van der Waals surface area contributed by atoms with Gasteiger partial charge in [0.15, 0.2) is 0 Å². The summed E-state index contributed by atoms with van der Waals surface area (Å²) in [6.07, 6.45) is 5.27. The zero-order valence-electron chi connectivity index (χ0n) is 11.0. The third kappa shape index (κ3) is 5.53. The van der Waals surface area contributed by atoms with Gasteiger partial charge >= 0.3 is 0 Å². The summed E-state index contributed by atoms with van der Waals surface area (Å²) in [5.74, 6) is 0. The predicted molar refractivity (Wildman–Crippen MR) is 67.1 cm³/mol. The lowest BCUT2D eigenvalue weighted by molar-refractivity contribution is 0.0404. The minimum atomic E-state index is -0.141. The maximum Gasteiger partial charge on any atom is 0.0695 e. The van der Waals surface area contributed by atoms with Gasteiger partial charge in [0.25, 0.3) is 0 Å². The number of rotatable bonds is 9. The van der Waals surface area contributed by atoms with E-state index in [1.165, 1.54) is 12.8 Å². The van der Waals surface area contributed by atoms with Crippen molar-refractivity contribution in [3.63, 3.8) is 0 Å². The lowest BCUT2D eigenvalue weighted by Crippen LogP contribution is -2.44. The second-order valence-corrected chi connectivity index (χ2v) is 4.37. The summed E-state index contributed by atoms with van der Waals surface area (Å²) in [5.41, 5.74) is 0. The minimum Gasteiger partial charge on any atom is -0.391 e. The van der Waals surface area contributed by atoms with Gasteiger partial charge in [-0.2, -0.15) is 0 Å². The Kier molecular flexibility index (Phi) is 9.12. The summed E-state index contributed by atoms with van der Waals surface area (Å²) in [6, 6.07) is 0.366. The van der Waals surface area contributed by atoms with Gasteiger partial charge in [0.1, 0.15) is 0 Å². The van der Waals surface area contributed by atoms with Crippen LogP contribution in [-0.4, -0.2) is 35.2 Å². The molecule has 0 saturated heterocycles. The van der Waals surface area contributed by atoms with Crippen LogP contribution in [0.15, 0.2) is 0 Å². The summed E-state index contributed by atoms with van der Waals surface area (Å²) < 4.78 is 0. The number of hydrogen-bond donors (Lipinski definition) is 1. The second kappa shape index (κ2) is 9.17. The molecular formula is C13H29NO. The lowest BCUT2D eigenvalue weighted by Gasteiger charge is -2.34. The highest BCUT2D eigenvalue weighted by atomic mass is 16.3. The van der Waals surface area contributed by atoms with E-state index in [0.29, 0.717) is 6.04 Å². The van der Waals surface area contributed by atoms with Gasteiger partial charge in [-0.25, -0.2) is 0 Å². The molecule has 2 atom stereocenters. The van der Waals surface area contributed by atoms with Crippen molar-refractivity contribution in [2.75, 3.05) is 13.1 Å². The van der Waals surface area contributed by atoms with Crippen LogP contribution in [0.25, 0.3) is 0 Å². The molecule has 0 saturated carbocycles. The Labute approximate surface area is 95.7 Å². The zero-order valence-corrected chi connectivity index (χ0v) is 11.0. The average molecular weight is 215 g/mol. The normalized spacial score (nSPS) is 15.6. The fourth-order valence-electron chi connectivity index (χ4n) is 2.28. The van der Waals surface area contributed by atoms with Gasteiger partial charge in [0.05, 0.1) is 6.10 Å². The summed E-state index contributed by atoms with van der Waals surface area (Å²) in [5, 5.41) is 10.1. The number of aliphatic hydroxyl groups excluding tert-OH is 1. The van der Waals surface area contributed by atoms with Gasteiger partial charge in [-0.3, -0.25) is 4.90 Å². The number of nitrogens with zero attached hydrogens (tertiary/aromatic N) is 1. The smallest absolute Gasteiger partial charge is 0.0695 e. The van der Waals surface area contributed by atoms with Gasteiger partial charge in [-0.1, -0.05) is 34.1 Å². The van der Waals surface area contributed by atoms with Crippen LogP contribution in [0.2, 0.25) is 0 Å². The van der Waals surface area contributed by atoms with Crippen LogP contribution in [-0.2, 0) is 0 Å². The van der Waals surface area contributed by atoms with E-state index < -0.39 is 0 Å². The first kappa shape index (κ1) is 14.9. The van der Waals surface area contributed by atoms with Crippen molar-refractivity contribution in [1.82, 2.24) is 4.90 Å². The van der Waals surface area contributed by atoms with E-state index in [4.69, 9.17) is 0 Å². The Balaban J connectivity index is 4.28. The summed E-state index contributed by atoms with van der Waals surface area (Å²) in [4.78, 5) is 2.46. The van der Waals surface area contributed by atoms with Crippen LogP contribution in [0.3, 0.4) is 0 Å². The third-order valence-corrected chi connectivity index (χ3v) is 2.94. The van der Waals surface area contributed by atoms with Crippen molar-refractivity contribution < 1.29 is 5.11 Å². The van der Waals surface area contributed by atoms with E-state index in [1.807, 2.05) is 0 Å². The fraction of sp³-hybridized carbons (Fsp3) is 1.00. The van der Waals surface area contributed by atoms with Crippen LogP contribution in [0.5, 0.6) is 0 Å². The highest BCUT2D eigenvalue weighted by molar-refractivity contribution is 4.77. The first-order chi connectivity index (χ1) is 7.21. The first-order valence-electron chi connectivity index (χ1n) is 6.63. The highest BCUT2D eigenvalue weighted by Gasteiger charge is 2.22. The van der Waals surface area contributed by atoms with Crippen LogP contribution in [0.4, 0.5) is 0 Å². The molecule has 0 radical (unpaired) electrons. The molecule has 2 nitrogen and oxygen atoms in total. The van der Waals surface area contributed by atoms with Gasteiger partial charge in [-0.15, -0.1) is 0 Å². The molecule has 0 aliphatic heterocycles. The molecule has 0 bridgehead atoms. The number of hydrogen-bond acceptors (Lipinski definition) is 2. The second-order valence-electron chi connectivity index (χ2n) is 4.37. The van der Waals surface area contributed by atoms with Crippen LogP contribution in [0.1, 0.15) is 59.8 Å². The largest absolute Gasteiger partial charge is 0.391 e. The molecule has 0 fully saturated rings. The Morgan fingerprint density at radius 3 is 1.80 bits per heavy atom. The quantitative estimate of drug-likeness (QED) is 0.639. The molecule has 0 heterocycles. The third-order valence-electron chi connectivity index (χ3n) is 2.94. The molecule has 0 spiro atoms. The van der Waals surface area contributed by atoms with E-state index >= 15 is 0 Å². The molecule has 2 unspecified atom stereocenters. The molecule has 0 amide bonds. The Bertz CT molecular complexity index is 132. The number of aliphatic hydroxyl groups is 1. The summed E-state index contributed by atoms with van der Waals surface area (Å²) in [6.45, 7) is 11.0. The van der Waals surface area contributed by atoms with Crippen molar-refractivity contribution >= 4 is 0 Å². The van der Waals surface area contributed by atoms with Crippen LogP contribution < -0.4 is 0 Å². The maximum absolute atomic E-state index is 10.1. The van der Waals surface area contributed by atoms with E-state index in [-0.39, 0.29) is 6.10 Å². The summed E-state index contributed by atoms with van der Waals surface area (Å²) in [7, 11) is 0. The van der Waals surface area contributed by atoms with Crippen LogP contribution >= 0.6 is 0 Å². The SMILES string of the molecule is CCCC(O)C(CC)N(CCC)CCC. The molecule has 0 aromatic rings. The molecule has 92 valence electrons. The van der Waals surface area contributed by atoms with Crippen LogP contribution in [0, 0.1) is 0 Å². The highest BCUT2D eigenvalue weighted by Crippen LogP contribution is 2.14. The van der Waals surface area contributed by atoms with Gasteiger partial charge in [-0.05, 0) is 38.8 Å². The molecule has 0 aliphatic carbocycles. The lowest BCUT2D eigenvalue weighted by atomic mass is 10.0. The van der Waals surface area contributed by atoms with E-state index in [9.17, 15) is 5.11 Å². The Hall–Kier alpha value is -0.0800. The standard InChI is InChI=1S/C13H29NO/c1-5-9-13(15)12(8-4)14(10-6-2)11-7-3/h12-13,15H,5-11H2,1-4H3. The molecule has 2 heteroatoms. The monoisotopic (exact) mass is 215 g/mol. The van der Waals surface area contributed by atoms with E-state index in [0.717, 1.165) is 32.4 Å². The Morgan fingerprint density at radius 2 is 1.47 bits per heavy atom. The zero-order chi connectivity index (χ0) is 11.7. The Morgan fingerprint density at radius 1 is 0.933 bits per heavy atom. The molecular weight excluding hydrogens is 186 g/mol. The molecule has 0 rings (SSSR count). The topological polar surface area (TPSA) is 23.5 Å². The van der Waals surface area contributed by atoms with Crippen molar-refractivity contribution in [3.8, 4) is 0 Å². The van der Waals surface area contributed by atoms with Crippen molar-refractivity contribution in [3.05, 3.63) is 0 Å². The van der Waals surface area contributed by atoms with E-state index in [1.54, 1.807) is 0 Å². The van der Waals surface area contributed by atoms with Gasteiger partial charge < -0.3 is 5.11 Å². The molecule has 1 N–H and O–H groups in total. The van der Waals surface area contributed by atoms with E-state index in [2.05, 4.69) is 32.6 Å². The summed E-state index contributed by atoms with van der Waals surface area (Å²) >= 11 is 0. The van der Waals surface area contributed by atoms with Crippen molar-refractivity contribution in [1.29, 1.82) is 0 Å². The van der Waals surface area contributed by atoms with Gasteiger partial charge in [0.2, 0.25) is 0 Å².